The van der Waals surface area contributed by atoms with Crippen molar-refractivity contribution < 1.29 is 0 Å². The molecule has 0 N–H and O–H groups in total. The van der Waals surface area contributed by atoms with Gasteiger partial charge in [0.2, 0.25) is 0 Å². The van der Waals surface area contributed by atoms with Crippen LogP contribution in [0.15, 0.2) is 183 Å². The van der Waals surface area contributed by atoms with Gasteiger partial charge in [-0.25, -0.2) is 0 Å². The number of nitrogens with zero attached hydrogens (tertiary/aromatic N) is 4. The maximum absolute atomic E-state index is 4.30. The summed E-state index contributed by atoms with van der Waals surface area (Å²) < 4.78 is 4.98. The van der Waals surface area contributed by atoms with Crippen LogP contribution in [0, 0.1) is 0 Å². The smallest absolute Gasteiger partial charge is 0.0553 e. The molecular formula is C50H30N4. The molecule has 0 aliphatic heterocycles. The van der Waals surface area contributed by atoms with E-state index in [4.69, 9.17) is 0 Å². The van der Waals surface area contributed by atoms with Crippen LogP contribution in [-0.2, 0) is 0 Å². The SMILES string of the molecule is c1ccc(-n2c3cccc4ccc5cc(-c6ccncc6)cc2c5c43)c(-c2ccccc2-n2c3cccc4ccc5cc(-c6ccncc6)cc2c5c43)c1. The van der Waals surface area contributed by atoms with E-state index in [1.165, 1.54) is 87.4 Å². The molecule has 0 radical (unpaired) electrons. The van der Waals surface area contributed by atoms with Crippen molar-refractivity contribution in [1.29, 1.82) is 0 Å². The Morgan fingerprint density at radius 3 is 1.17 bits per heavy atom. The number of aromatic nitrogens is 4. The Morgan fingerprint density at radius 2 is 0.704 bits per heavy atom. The minimum Gasteiger partial charge on any atom is -0.309 e. The normalized spacial score (nSPS) is 12.1. The highest BCUT2D eigenvalue weighted by atomic mass is 15.0. The summed E-state index contributed by atoms with van der Waals surface area (Å²) in [6.07, 6.45) is 7.49. The van der Waals surface area contributed by atoms with Gasteiger partial charge in [-0.2, -0.15) is 0 Å². The largest absolute Gasteiger partial charge is 0.309 e. The molecule has 4 heterocycles. The number of rotatable bonds is 5. The summed E-state index contributed by atoms with van der Waals surface area (Å²) in [6.45, 7) is 0. The van der Waals surface area contributed by atoms with Gasteiger partial charge in [0.15, 0.2) is 0 Å². The van der Waals surface area contributed by atoms with Crippen LogP contribution in [0.4, 0.5) is 0 Å². The Morgan fingerprint density at radius 1 is 0.296 bits per heavy atom. The fraction of sp³-hybridized carbons (Fsp3) is 0. The van der Waals surface area contributed by atoms with Crippen LogP contribution in [0.3, 0.4) is 0 Å². The van der Waals surface area contributed by atoms with E-state index in [1.54, 1.807) is 0 Å². The first-order valence-electron chi connectivity index (χ1n) is 18.4. The van der Waals surface area contributed by atoms with Crippen LogP contribution in [0.5, 0.6) is 0 Å². The average Bonchev–Trinajstić information content (AvgIpc) is 3.76. The van der Waals surface area contributed by atoms with Crippen LogP contribution in [0.1, 0.15) is 0 Å². The fourth-order valence-electron chi connectivity index (χ4n) is 9.12. The van der Waals surface area contributed by atoms with Crippen LogP contribution in [0.2, 0.25) is 0 Å². The molecule has 0 fully saturated rings. The molecule has 0 bridgehead atoms. The molecule has 0 saturated heterocycles. The van der Waals surface area contributed by atoms with Gasteiger partial charge in [-0.1, -0.05) is 84.9 Å². The predicted octanol–water partition coefficient (Wildman–Crippen LogP) is 12.9. The molecule has 250 valence electrons. The first kappa shape index (κ1) is 29.3. The highest BCUT2D eigenvalue weighted by molar-refractivity contribution is 6.26. The summed E-state index contributed by atoms with van der Waals surface area (Å²) >= 11 is 0. The van der Waals surface area contributed by atoms with Gasteiger partial charge in [-0.15, -0.1) is 0 Å². The molecule has 0 amide bonds. The third-order valence-electron chi connectivity index (χ3n) is 11.4. The van der Waals surface area contributed by atoms with E-state index in [-0.39, 0.29) is 0 Å². The molecule has 4 heteroatoms. The van der Waals surface area contributed by atoms with Crippen LogP contribution in [0.25, 0.3) is 110 Å². The topological polar surface area (TPSA) is 35.6 Å². The minimum atomic E-state index is 1.15. The second-order valence-electron chi connectivity index (χ2n) is 14.2. The van der Waals surface area contributed by atoms with Gasteiger partial charge < -0.3 is 9.13 Å². The standard InChI is InChI=1S/C50H30N4/c1-3-11-41(53-43-13-5-7-33-15-17-35-27-37(31-19-23-51-24-20-31)29-45(53)49(35)47(33)43)39(9-1)40-10-2-4-12-42(40)54-44-14-6-8-34-16-18-36-28-38(32-21-25-52-26-22-32)30-46(54)50(36)48(34)44/h1-30H. The van der Waals surface area contributed by atoms with Crippen LogP contribution >= 0.6 is 0 Å². The van der Waals surface area contributed by atoms with Gasteiger partial charge in [0.05, 0.1) is 33.4 Å². The van der Waals surface area contributed by atoms with Crippen molar-refractivity contribution in [3.63, 3.8) is 0 Å². The lowest BCUT2D eigenvalue weighted by atomic mass is 9.98. The summed E-state index contributed by atoms with van der Waals surface area (Å²) in [5, 5.41) is 10.2. The second kappa shape index (κ2) is 11.1. The Kier molecular flexibility index (Phi) is 6.02. The molecule has 0 aliphatic rings. The first-order chi connectivity index (χ1) is 26.8. The Hall–Kier alpha value is -7.30. The number of pyridine rings is 2. The Bertz CT molecular complexity index is 3140. The van der Waals surface area contributed by atoms with E-state index in [0.29, 0.717) is 0 Å². The lowest BCUT2D eigenvalue weighted by molar-refractivity contribution is 1.16. The highest BCUT2D eigenvalue weighted by Crippen LogP contribution is 2.46. The molecular weight excluding hydrogens is 657 g/mol. The predicted molar refractivity (Wildman–Crippen MR) is 224 cm³/mol. The van der Waals surface area contributed by atoms with Crippen LogP contribution in [-0.4, -0.2) is 19.1 Å². The monoisotopic (exact) mass is 686 g/mol. The van der Waals surface area contributed by atoms with Crippen molar-refractivity contribution in [2.45, 2.75) is 0 Å². The van der Waals surface area contributed by atoms with E-state index in [2.05, 4.69) is 177 Å². The summed E-state index contributed by atoms with van der Waals surface area (Å²) in [5.41, 5.74) is 14.1. The molecule has 0 spiro atoms. The maximum atomic E-state index is 4.30. The number of para-hydroxylation sites is 2. The van der Waals surface area contributed by atoms with Crippen molar-refractivity contribution >= 4 is 65.2 Å². The second-order valence-corrected chi connectivity index (χ2v) is 14.2. The molecule has 0 unspecified atom stereocenters. The molecule has 0 atom stereocenters. The third-order valence-corrected chi connectivity index (χ3v) is 11.4. The van der Waals surface area contributed by atoms with Gasteiger partial charge in [-0.05, 0) is 117 Å². The quantitative estimate of drug-likeness (QED) is 0.169. The maximum Gasteiger partial charge on any atom is 0.0553 e. The van der Waals surface area contributed by atoms with Crippen LogP contribution < -0.4 is 0 Å². The molecule has 54 heavy (non-hydrogen) atoms. The zero-order valence-corrected chi connectivity index (χ0v) is 29.1. The molecule has 12 aromatic rings. The highest BCUT2D eigenvalue weighted by Gasteiger charge is 2.23. The van der Waals surface area contributed by atoms with E-state index in [9.17, 15) is 0 Å². The molecule has 8 aromatic carbocycles. The van der Waals surface area contributed by atoms with E-state index < -0.39 is 0 Å². The molecule has 4 nitrogen and oxygen atoms in total. The van der Waals surface area contributed by atoms with Crippen molar-refractivity contribution in [1.82, 2.24) is 19.1 Å². The first-order valence-corrected chi connectivity index (χ1v) is 18.4. The lowest BCUT2D eigenvalue weighted by Gasteiger charge is -2.19. The van der Waals surface area contributed by atoms with E-state index >= 15 is 0 Å². The van der Waals surface area contributed by atoms with Gasteiger partial charge in [0, 0.05) is 57.5 Å². The summed E-state index contributed by atoms with van der Waals surface area (Å²) in [6, 6.07) is 58.0. The summed E-state index contributed by atoms with van der Waals surface area (Å²) in [5.74, 6) is 0. The summed E-state index contributed by atoms with van der Waals surface area (Å²) in [7, 11) is 0. The molecule has 0 saturated carbocycles. The van der Waals surface area contributed by atoms with Crippen molar-refractivity contribution in [2.24, 2.45) is 0 Å². The number of hydrogen-bond donors (Lipinski definition) is 0. The minimum absolute atomic E-state index is 1.15. The Labute approximate surface area is 310 Å². The average molecular weight is 687 g/mol. The summed E-state index contributed by atoms with van der Waals surface area (Å²) in [4.78, 5) is 8.61. The van der Waals surface area contributed by atoms with Gasteiger partial charge in [0.1, 0.15) is 0 Å². The lowest BCUT2D eigenvalue weighted by Crippen LogP contribution is -2.01. The van der Waals surface area contributed by atoms with E-state index in [1.807, 2.05) is 24.8 Å². The third kappa shape index (κ3) is 4.08. The number of hydrogen-bond acceptors (Lipinski definition) is 2. The molecule has 12 rings (SSSR count). The fourth-order valence-corrected chi connectivity index (χ4v) is 9.12. The van der Waals surface area contributed by atoms with Gasteiger partial charge in [-0.3, -0.25) is 9.97 Å². The number of benzene rings is 8. The Balaban J connectivity index is 1.17. The van der Waals surface area contributed by atoms with Gasteiger partial charge in [0.25, 0.3) is 0 Å². The zero-order chi connectivity index (χ0) is 35.3. The van der Waals surface area contributed by atoms with Crippen molar-refractivity contribution in [3.8, 4) is 44.8 Å². The molecule has 0 aliphatic carbocycles. The van der Waals surface area contributed by atoms with Crippen molar-refractivity contribution in [2.75, 3.05) is 0 Å². The molecule has 4 aromatic heterocycles. The van der Waals surface area contributed by atoms with E-state index in [0.717, 1.165) is 22.5 Å². The zero-order valence-electron chi connectivity index (χ0n) is 29.1. The van der Waals surface area contributed by atoms with Crippen molar-refractivity contribution in [3.05, 3.63) is 183 Å². The van der Waals surface area contributed by atoms with Gasteiger partial charge >= 0.3 is 0 Å².